The van der Waals surface area contributed by atoms with Gasteiger partial charge in [0.25, 0.3) is 5.89 Å². The average molecular weight is 363 g/mol. The SMILES string of the molecule is CCCCC(=O)N1CCN(Cc2noc(-c3cccc(Cl)c3)n2)CC1. The number of benzene rings is 1. The molecule has 0 radical (unpaired) electrons. The van der Waals surface area contributed by atoms with Gasteiger partial charge in [0.2, 0.25) is 5.91 Å². The fraction of sp³-hybridized carbons (Fsp3) is 0.500. The molecule has 0 saturated carbocycles. The molecule has 1 aromatic heterocycles. The molecule has 1 aliphatic heterocycles. The van der Waals surface area contributed by atoms with Gasteiger partial charge in [0.1, 0.15) is 0 Å². The summed E-state index contributed by atoms with van der Waals surface area (Å²) in [6, 6.07) is 7.36. The predicted octanol–water partition coefficient (Wildman–Crippen LogP) is 3.22. The first kappa shape index (κ1) is 17.9. The van der Waals surface area contributed by atoms with Crippen LogP contribution in [-0.2, 0) is 11.3 Å². The van der Waals surface area contributed by atoms with Crippen molar-refractivity contribution >= 4 is 17.5 Å². The lowest BCUT2D eigenvalue weighted by Crippen LogP contribution is -2.48. The Morgan fingerprint density at radius 3 is 2.80 bits per heavy atom. The molecule has 0 bridgehead atoms. The maximum absolute atomic E-state index is 12.1. The molecule has 1 aliphatic rings. The molecule has 7 heteroatoms. The van der Waals surface area contributed by atoms with E-state index < -0.39 is 0 Å². The number of hydrogen-bond acceptors (Lipinski definition) is 5. The second-order valence-corrected chi connectivity index (χ2v) is 6.72. The van der Waals surface area contributed by atoms with Crippen LogP contribution in [0.15, 0.2) is 28.8 Å². The third-order valence-electron chi connectivity index (χ3n) is 4.37. The van der Waals surface area contributed by atoms with Crippen LogP contribution >= 0.6 is 11.6 Å². The molecule has 1 fully saturated rings. The Kier molecular flexibility index (Phi) is 6.04. The third kappa shape index (κ3) is 4.80. The van der Waals surface area contributed by atoms with Crippen molar-refractivity contribution in [3.05, 3.63) is 35.1 Å². The number of piperazine rings is 1. The molecule has 0 unspecified atom stereocenters. The van der Waals surface area contributed by atoms with Crippen molar-refractivity contribution in [3.8, 4) is 11.5 Å². The molecule has 2 heterocycles. The van der Waals surface area contributed by atoms with Gasteiger partial charge in [-0.1, -0.05) is 36.2 Å². The van der Waals surface area contributed by atoms with Crippen molar-refractivity contribution in [2.45, 2.75) is 32.7 Å². The summed E-state index contributed by atoms with van der Waals surface area (Å²) in [5.74, 6) is 1.40. The number of carbonyl (C=O) groups is 1. The largest absolute Gasteiger partial charge is 0.340 e. The van der Waals surface area contributed by atoms with E-state index in [0.29, 0.717) is 29.7 Å². The Hall–Kier alpha value is -1.92. The van der Waals surface area contributed by atoms with E-state index in [0.717, 1.165) is 44.6 Å². The molecule has 3 rings (SSSR count). The van der Waals surface area contributed by atoms with Crippen LogP contribution in [0.25, 0.3) is 11.5 Å². The van der Waals surface area contributed by atoms with Gasteiger partial charge in [-0.15, -0.1) is 0 Å². The zero-order chi connectivity index (χ0) is 17.6. The molecule has 134 valence electrons. The molecule has 0 spiro atoms. The number of rotatable bonds is 6. The van der Waals surface area contributed by atoms with Gasteiger partial charge in [-0.05, 0) is 24.6 Å². The summed E-state index contributed by atoms with van der Waals surface area (Å²) in [6.45, 7) is 5.93. The number of hydrogen-bond donors (Lipinski definition) is 0. The van der Waals surface area contributed by atoms with Crippen molar-refractivity contribution in [1.29, 1.82) is 0 Å². The van der Waals surface area contributed by atoms with E-state index in [2.05, 4.69) is 22.0 Å². The van der Waals surface area contributed by atoms with Crippen LogP contribution in [0, 0.1) is 0 Å². The topological polar surface area (TPSA) is 62.5 Å². The summed E-state index contributed by atoms with van der Waals surface area (Å²) in [5.41, 5.74) is 0.817. The Labute approximate surface area is 152 Å². The second kappa shape index (κ2) is 8.45. The average Bonchev–Trinajstić information content (AvgIpc) is 3.09. The second-order valence-electron chi connectivity index (χ2n) is 6.29. The number of nitrogens with zero attached hydrogens (tertiary/aromatic N) is 4. The van der Waals surface area contributed by atoms with Crippen LogP contribution in [0.5, 0.6) is 0 Å². The number of unbranched alkanes of at least 4 members (excludes halogenated alkanes) is 1. The van der Waals surface area contributed by atoms with Crippen LogP contribution in [0.4, 0.5) is 0 Å². The number of carbonyl (C=O) groups excluding carboxylic acids is 1. The van der Waals surface area contributed by atoms with Gasteiger partial charge in [0.15, 0.2) is 5.82 Å². The van der Waals surface area contributed by atoms with Crippen LogP contribution in [0.1, 0.15) is 32.0 Å². The molecular weight excluding hydrogens is 340 g/mol. The highest BCUT2D eigenvalue weighted by Crippen LogP contribution is 2.21. The van der Waals surface area contributed by atoms with Crippen molar-refractivity contribution in [1.82, 2.24) is 19.9 Å². The summed E-state index contributed by atoms with van der Waals surface area (Å²) in [6.07, 6.45) is 2.68. The number of amides is 1. The van der Waals surface area contributed by atoms with Crippen LogP contribution in [0.2, 0.25) is 5.02 Å². The first-order chi connectivity index (χ1) is 12.2. The van der Waals surface area contributed by atoms with Crippen LogP contribution < -0.4 is 0 Å². The quantitative estimate of drug-likeness (QED) is 0.789. The van der Waals surface area contributed by atoms with E-state index in [1.54, 1.807) is 6.07 Å². The molecule has 2 aromatic rings. The Morgan fingerprint density at radius 1 is 1.28 bits per heavy atom. The molecule has 1 amide bonds. The molecule has 0 atom stereocenters. The van der Waals surface area contributed by atoms with Crippen molar-refractivity contribution in [2.24, 2.45) is 0 Å². The van der Waals surface area contributed by atoms with E-state index in [4.69, 9.17) is 16.1 Å². The standard InChI is InChI=1S/C18H23ClN4O2/c1-2-3-7-17(24)23-10-8-22(9-11-23)13-16-20-18(25-21-16)14-5-4-6-15(19)12-14/h4-6,12H,2-3,7-11,13H2,1H3. The van der Waals surface area contributed by atoms with Gasteiger partial charge in [0.05, 0.1) is 6.54 Å². The van der Waals surface area contributed by atoms with Crippen LogP contribution in [-0.4, -0.2) is 52.0 Å². The van der Waals surface area contributed by atoms with Crippen LogP contribution in [0.3, 0.4) is 0 Å². The minimum absolute atomic E-state index is 0.268. The van der Waals surface area contributed by atoms with Gasteiger partial charge in [-0.25, -0.2) is 0 Å². The van der Waals surface area contributed by atoms with E-state index in [1.807, 2.05) is 23.1 Å². The van der Waals surface area contributed by atoms with E-state index in [-0.39, 0.29) is 5.91 Å². The van der Waals surface area contributed by atoms with Gasteiger partial charge in [-0.3, -0.25) is 9.69 Å². The first-order valence-corrected chi connectivity index (χ1v) is 9.12. The number of aromatic nitrogens is 2. The summed E-state index contributed by atoms with van der Waals surface area (Å²) < 4.78 is 5.34. The zero-order valence-corrected chi connectivity index (χ0v) is 15.2. The summed E-state index contributed by atoms with van der Waals surface area (Å²) in [5, 5.41) is 4.70. The highest BCUT2D eigenvalue weighted by Gasteiger charge is 2.22. The van der Waals surface area contributed by atoms with E-state index in [1.165, 1.54) is 0 Å². The summed E-state index contributed by atoms with van der Waals surface area (Å²) >= 11 is 6.00. The summed E-state index contributed by atoms with van der Waals surface area (Å²) in [7, 11) is 0. The lowest BCUT2D eigenvalue weighted by Gasteiger charge is -2.34. The smallest absolute Gasteiger partial charge is 0.258 e. The molecule has 6 nitrogen and oxygen atoms in total. The lowest BCUT2D eigenvalue weighted by atomic mass is 10.2. The first-order valence-electron chi connectivity index (χ1n) is 8.74. The van der Waals surface area contributed by atoms with E-state index >= 15 is 0 Å². The van der Waals surface area contributed by atoms with Crippen molar-refractivity contribution in [3.63, 3.8) is 0 Å². The van der Waals surface area contributed by atoms with Gasteiger partial charge in [-0.2, -0.15) is 4.98 Å². The minimum Gasteiger partial charge on any atom is -0.340 e. The van der Waals surface area contributed by atoms with Gasteiger partial charge < -0.3 is 9.42 Å². The molecule has 1 saturated heterocycles. The van der Waals surface area contributed by atoms with Gasteiger partial charge in [0, 0.05) is 43.2 Å². The van der Waals surface area contributed by atoms with Crippen molar-refractivity contribution in [2.75, 3.05) is 26.2 Å². The molecule has 25 heavy (non-hydrogen) atoms. The lowest BCUT2D eigenvalue weighted by molar-refractivity contribution is -0.133. The Balaban J connectivity index is 1.52. The number of halogens is 1. The minimum atomic E-state index is 0.268. The fourth-order valence-corrected chi connectivity index (χ4v) is 3.09. The zero-order valence-electron chi connectivity index (χ0n) is 14.4. The highest BCUT2D eigenvalue weighted by atomic mass is 35.5. The Morgan fingerprint density at radius 2 is 2.08 bits per heavy atom. The van der Waals surface area contributed by atoms with Gasteiger partial charge >= 0.3 is 0 Å². The molecular formula is C18H23ClN4O2. The third-order valence-corrected chi connectivity index (χ3v) is 4.61. The summed E-state index contributed by atoms with van der Waals surface area (Å²) in [4.78, 5) is 20.7. The fourth-order valence-electron chi connectivity index (χ4n) is 2.90. The van der Waals surface area contributed by atoms with Crippen molar-refractivity contribution < 1.29 is 9.32 Å². The van der Waals surface area contributed by atoms with E-state index in [9.17, 15) is 4.79 Å². The predicted molar refractivity (Wildman–Crippen MR) is 96.1 cm³/mol. The monoisotopic (exact) mass is 362 g/mol. The normalized spacial score (nSPS) is 15.5. The maximum atomic E-state index is 12.1. The Bertz CT molecular complexity index is 711. The molecule has 0 N–H and O–H groups in total. The maximum Gasteiger partial charge on any atom is 0.258 e. The highest BCUT2D eigenvalue weighted by molar-refractivity contribution is 6.30. The molecule has 1 aromatic carbocycles. The molecule has 0 aliphatic carbocycles.